The molecule has 0 atom stereocenters. The van der Waals surface area contributed by atoms with E-state index in [9.17, 15) is 4.79 Å². The van der Waals surface area contributed by atoms with Crippen molar-refractivity contribution in [2.45, 2.75) is 13.3 Å². The average molecular weight is 468 g/mol. The second-order valence-electron chi connectivity index (χ2n) is 5.54. The van der Waals surface area contributed by atoms with Crippen molar-refractivity contribution < 1.29 is 10.0 Å². The maximum absolute atomic E-state index is 11.5. The summed E-state index contributed by atoms with van der Waals surface area (Å²) in [5, 5.41) is 11.8. The summed E-state index contributed by atoms with van der Waals surface area (Å²) in [6.07, 6.45) is 0.620. The number of hydroxylamine groups is 1. The maximum Gasteiger partial charge on any atom is 0.262 e. The minimum Gasteiger partial charge on any atom is -0.360 e. The molecule has 0 bridgehead atoms. The van der Waals surface area contributed by atoms with Crippen LogP contribution in [0.1, 0.15) is 17.0 Å². The van der Waals surface area contributed by atoms with Crippen LogP contribution in [0.5, 0.6) is 0 Å². The van der Waals surface area contributed by atoms with E-state index in [1.54, 1.807) is 5.48 Å². The first kappa shape index (κ1) is 17.9. The molecule has 0 aliphatic heterocycles. The van der Waals surface area contributed by atoms with Crippen molar-refractivity contribution >= 4 is 49.2 Å². The van der Waals surface area contributed by atoms with Gasteiger partial charge in [0, 0.05) is 16.6 Å². The second-order valence-corrected chi connectivity index (χ2v) is 7.25. The van der Waals surface area contributed by atoms with Crippen molar-refractivity contribution in [2.75, 3.05) is 11.9 Å². The molecular formula is C17H16Br2N4O2. The van der Waals surface area contributed by atoms with E-state index in [1.165, 1.54) is 0 Å². The lowest BCUT2D eigenvalue weighted by Crippen LogP contribution is -2.27. The number of benzene rings is 1. The third-order valence-electron chi connectivity index (χ3n) is 3.85. The lowest BCUT2D eigenvalue weighted by molar-refractivity contribution is -0.127. The highest BCUT2D eigenvalue weighted by atomic mass is 79.9. The van der Waals surface area contributed by atoms with Crippen LogP contribution in [-0.2, 0) is 11.2 Å². The van der Waals surface area contributed by atoms with Crippen LogP contribution in [0, 0.1) is 6.92 Å². The number of carbonyl (C=O) groups excluding carboxylic acids is 1. The molecule has 3 N–H and O–H groups in total. The van der Waals surface area contributed by atoms with E-state index in [-0.39, 0.29) is 6.54 Å². The number of pyridine rings is 1. The van der Waals surface area contributed by atoms with Gasteiger partial charge in [0.2, 0.25) is 0 Å². The summed E-state index contributed by atoms with van der Waals surface area (Å²) in [7, 11) is 0. The van der Waals surface area contributed by atoms with E-state index in [1.807, 2.05) is 47.7 Å². The molecular weight excluding hydrogens is 452 g/mol. The summed E-state index contributed by atoms with van der Waals surface area (Å²) in [5.41, 5.74) is 5.29. The average Bonchev–Trinajstić information content (AvgIpc) is 2.97. The predicted octanol–water partition coefficient (Wildman–Crippen LogP) is 3.68. The van der Waals surface area contributed by atoms with Gasteiger partial charge in [-0.1, -0.05) is 30.3 Å². The van der Waals surface area contributed by atoms with E-state index >= 15 is 0 Å². The monoisotopic (exact) mass is 466 g/mol. The molecule has 0 saturated heterocycles. The largest absolute Gasteiger partial charge is 0.360 e. The van der Waals surface area contributed by atoms with Crippen LogP contribution < -0.4 is 10.8 Å². The molecule has 0 spiro atoms. The van der Waals surface area contributed by atoms with Gasteiger partial charge in [0.25, 0.3) is 5.91 Å². The van der Waals surface area contributed by atoms with Gasteiger partial charge in [-0.05, 0) is 50.4 Å². The molecule has 2 heterocycles. The molecule has 2 aromatic heterocycles. The molecule has 130 valence electrons. The lowest BCUT2D eigenvalue weighted by Gasteiger charge is -2.11. The highest BCUT2D eigenvalue weighted by Gasteiger charge is 2.18. The standard InChI is InChI=1S/C17H16Br2N4O2/c1-10-12(18)8-13(19)16-21-14(7-11-5-3-2-4-6-11)17(23(10)16)20-9-15(24)22-25/h2-6,8,20,25H,7,9H2,1H3,(H,22,24). The Bertz CT molecular complexity index is 926. The molecule has 0 unspecified atom stereocenters. The Morgan fingerprint density at radius 1 is 1.24 bits per heavy atom. The zero-order valence-electron chi connectivity index (χ0n) is 13.4. The molecule has 8 heteroatoms. The highest BCUT2D eigenvalue weighted by molar-refractivity contribution is 9.11. The van der Waals surface area contributed by atoms with Gasteiger partial charge in [0.1, 0.15) is 5.82 Å². The number of fused-ring (bicyclic) bond motifs is 1. The molecule has 1 amide bonds. The van der Waals surface area contributed by atoms with Crippen molar-refractivity contribution in [3.05, 3.63) is 62.3 Å². The molecule has 0 saturated carbocycles. The first-order valence-electron chi connectivity index (χ1n) is 7.58. The number of imidazole rings is 1. The summed E-state index contributed by atoms with van der Waals surface area (Å²) >= 11 is 7.09. The van der Waals surface area contributed by atoms with Crippen molar-refractivity contribution in [2.24, 2.45) is 0 Å². The van der Waals surface area contributed by atoms with Gasteiger partial charge in [0.15, 0.2) is 5.65 Å². The first-order chi connectivity index (χ1) is 12.0. The van der Waals surface area contributed by atoms with Crippen LogP contribution in [0.15, 0.2) is 45.3 Å². The fourth-order valence-electron chi connectivity index (χ4n) is 2.64. The minimum absolute atomic E-state index is 0.0599. The third-order valence-corrected chi connectivity index (χ3v) is 5.24. The number of hydrogen-bond acceptors (Lipinski definition) is 4. The zero-order valence-corrected chi connectivity index (χ0v) is 16.6. The van der Waals surface area contributed by atoms with Crippen LogP contribution in [0.25, 0.3) is 5.65 Å². The minimum atomic E-state index is -0.521. The molecule has 0 aliphatic rings. The van der Waals surface area contributed by atoms with Crippen molar-refractivity contribution in [3.63, 3.8) is 0 Å². The number of amides is 1. The fraction of sp³-hybridized carbons (Fsp3) is 0.176. The number of nitrogens with zero attached hydrogens (tertiary/aromatic N) is 2. The Kier molecular flexibility index (Phi) is 5.41. The third kappa shape index (κ3) is 3.70. The van der Waals surface area contributed by atoms with Crippen molar-refractivity contribution in [3.8, 4) is 0 Å². The van der Waals surface area contributed by atoms with E-state index in [0.29, 0.717) is 6.42 Å². The van der Waals surface area contributed by atoms with Crippen LogP contribution >= 0.6 is 31.9 Å². The van der Waals surface area contributed by atoms with Gasteiger partial charge in [0.05, 0.1) is 16.7 Å². The number of anilines is 1. The Hall–Kier alpha value is -1.90. The van der Waals surface area contributed by atoms with Crippen LogP contribution in [0.3, 0.4) is 0 Å². The fourth-order valence-corrected chi connectivity index (χ4v) is 3.84. The second kappa shape index (κ2) is 7.55. The Morgan fingerprint density at radius 3 is 2.64 bits per heavy atom. The van der Waals surface area contributed by atoms with E-state index in [2.05, 4.69) is 37.2 Å². The number of rotatable bonds is 5. The molecule has 0 radical (unpaired) electrons. The summed E-state index contributed by atoms with van der Waals surface area (Å²) in [6, 6.07) is 12.0. The first-order valence-corrected chi connectivity index (χ1v) is 9.16. The maximum atomic E-state index is 11.5. The Morgan fingerprint density at radius 2 is 1.96 bits per heavy atom. The topological polar surface area (TPSA) is 78.7 Å². The summed E-state index contributed by atoms with van der Waals surface area (Å²) in [5.74, 6) is 0.203. The normalized spacial score (nSPS) is 10.9. The molecule has 3 aromatic rings. The Labute approximate surface area is 161 Å². The summed E-state index contributed by atoms with van der Waals surface area (Å²) in [4.78, 5) is 16.2. The smallest absolute Gasteiger partial charge is 0.262 e. The number of nitrogens with one attached hydrogen (secondary N) is 2. The van der Waals surface area contributed by atoms with Crippen LogP contribution in [0.2, 0.25) is 0 Å². The van der Waals surface area contributed by atoms with E-state index in [0.717, 1.165) is 37.4 Å². The van der Waals surface area contributed by atoms with E-state index in [4.69, 9.17) is 10.2 Å². The number of halogens is 2. The number of carbonyl (C=O) groups is 1. The quantitative estimate of drug-likeness (QED) is 0.395. The van der Waals surface area contributed by atoms with Crippen molar-refractivity contribution in [1.82, 2.24) is 14.9 Å². The van der Waals surface area contributed by atoms with Gasteiger partial charge in [-0.3, -0.25) is 14.4 Å². The Balaban J connectivity index is 2.12. The lowest BCUT2D eigenvalue weighted by atomic mass is 10.1. The molecule has 0 aliphatic carbocycles. The van der Waals surface area contributed by atoms with Crippen LogP contribution in [-0.4, -0.2) is 27.0 Å². The number of aromatic nitrogens is 2. The number of aryl methyl sites for hydroxylation is 1. The van der Waals surface area contributed by atoms with Gasteiger partial charge in [-0.2, -0.15) is 0 Å². The van der Waals surface area contributed by atoms with Crippen molar-refractivity contribution in [1.29, 1.82) is 0 Å². The highest BCUT2D eigenvalue weighted by Crippen LogP contribution is 2.31. The predicted molar refractivity (Wildman–Crippen MR) is 103 cm³/mol. The van der Waals surface area contributed by atoms with Gasteiger partial charge in [-0.25, -0.2) is 10.5 Å². The molecule has 6 nitrogen and oxygen atoms in total. The van der Waals surface area contributed by atoms with E-state index < -0.39 is 5.91 Å². The van der Waals surface area contributed by atoms with Gasteiger partial charge < -0.3 is 5.32 Å². The SMILES string of the molecule is Cc1c(Br)cc(Br)c2nc(Cc3ccccc3)c(NCC(=O)NO)n12. The number of hydrogen-bond donors (Lipinski definition) is 3. The van der Waals surface area contributed by atoms with Gasteiger partial charge >= 0.3 is 0 Å². The molecule has 25 heavy (non-hydrogen) atoms. The summed E-state index contributed by atoms with van der Waals surface area (Å²) in [6.45, 7) is 1.91. The molecule has 1 aromatic carbocycles. The zero-order chi connectivity index (χ0) is 18.0. The summed E-state index contributed by atoms with van der Waals surface area (Å²) < 4.78 is 3.72. The van der Waals surface area contributed by atoms with Crippen LogP contribution in [0.4, 0.5) is 5.82 Å². The molecule has 3 rings (SSSR count). The van der Waals surface area contributed by atoms with Gasteiger partial charge in [-0.15, -0.1) is 0 Å². The molecule has 0 fully saturated rings.